The highest BCUT2D eigenvalue weighted by atomic mass is 16.3. The van der Waals surface area contributed by atoms with Gasteiger partial charge in [0, 0.05) is 43.5 Å². The van der Waals surface area contributed by atoms with Crippen LogP contribution in [0.4, 0.5) is 0 Å². The summed E-state index contributed by atoms with van der Waals surface area (Å²) in [5.74, 6) is -0.116. The lowest BCUT2D eigenvalue weighted by atomic mass is 9.74. The van der Waals surface area contributed by atoms with Gasteiger partial charge in [-0.05, 0) is 56.2 Å². The van der Waals surface area contributed by atoms with Crippen molar-refractivity contribution in [2.24, 2.45) is 0 Å². The van der Waals surface area contributed by atoms with E-state index >= 15 is 0 Å². The molecule has 1 saturated heterocycles. The molecule has 1 aliphatic heterocycles. The monoisotopic (exact) mass is 423 g/mol. The Morgan fingerprint density at radius 3 is 2.48 bits per heavy atom. The normalized spacial score (nSPS) is 28.1. The van der Waals surface area contributed by atoms with Gasteiger partial charge in [-0.3, -0.25) is 14.7 Å². The lowest BCUT2D eigenvalue weighted by Gasteiger charge is -2.38. The number of aliphatic hydroxyl groups is 2. The van der Waals surface area contributed by atoms with Crippen LogP contribution in [0.2, 0.25) is 0 Å². The van der Waals surface area contributed by atoms with Gasteiger partial charge in [0.25, 0.3) is 5.91 Å². The third kappa shape index (κ3) is 5.14. The van der Waals surface area contributed by atoms with Crippen molar-refractivity contribution in [1.82, 2.24) is 15.2 Å². The van der Waals surface area contributed by atoms with Crippen LogP contribution in [0.1, 0.15) is 54.4 Å². The summed E-state index contributed by atoms with van der Waals surface area (Å²) in [6.45, 7) is 2.20. The fourth-order valence-corrected chi connectivity index (χ4v) is 5.21. The van der Waals surface area contributed by atoms with Crippen molar-refractivity contribution in [3.8, 4) is 0 Å². The largest absolute Gasteiger partial charge is 0.393 e. The summed E-state index contributed by atoms with van der Waals surface area (Å²) in [5.41, 5.74) is 1.55. The first-order chi connectivity index (χ1) is 15.1. The van der Waals surface area contributed by atoms with Crippen molar-refractivity contribution in [1.29, 1.82) is 0 Å². The van der Waals surface area contributed by atoms with Gasteiger partial charge in [-0.1, -0.05) is 30.3 Å². The van der Waals surface area contributed by atoms with E-state index in [-0.39, 0.29) is 23.5 Å². The summed E-state index contributed by atoms with van der Waals surface area (Å²) in [7, 11) is 0. The van der Waals surface area contributed by atoms with Crippen LogP contribution in [-0.4, -0.2) is 63.9 Å². The number of hydrogen-bond acceptors (Lipinski definition) is 5. The van der Waals surface area contributed by atoms with Crippen molar-refractivity contribution < 1.29 is 15.0 Å². The molecule has 1 aromatic heterocycles. The minimum atomic E-state index is -0.394. The number of piperidine rings is 1. The molecule has 0 bridgehead atoms. The summed E-state index contributed by atoms with van der Waals surface area (Å²) >= 11 is 0. The second-order valence-corrected chi connectivity index (χ2v) is 9.05. The average Bonchev–Trinajstić information content (AvgIpc) is 2.99. The number of rotatable bonds is 5. The Labute approximate surface area is 184 Å². The van der Waals surface area contributed by atoms with E-state index in [1.807, 2.05) is 18.2 Å². The number of carbonyl (C=O) groups is 1. The van der Waals surface area contributed by atoms with Crippen molar-refractivity contribution in [2.45, 2.75) is 62.2 Å². The molecule has 31 heavy (non-hydrogen) atoms. The number of nitrogens with zero attached hydrogens (tertiary/aromatic N) is 2. The predicted octanol–water partition coefficient (Wildman–Crippen LogP) is 2.51. The number of carbonyl (C=O) groups excluding carboxylic acids is 1. The molecular weight excluding hydrogens is 390 g/mol. The van der Waals surface area contributed by atoms with Crippen molar-refractivity contribution in [2.75, 3.05) is 19.6 Å². The van der Waals surface area contributed by atoms with Crippen LogP contribution in [0.5, 0.6) is 0 Å². The van der Waals surface area contributed by atoms with Gasteiger partial charge in [-0.25, -0.2) is 0 Å². The molecule has 4 rings (SSSR count). The van der Waals surface area contributed by atoms with Crippen molar-refractivity contribution in [3.05, 3.63) is 66.0 Å². The summed E-state index contributed by atoms with van der Waals surface area (Å²) in [6.07, 6.45) is 7.46. The van der Waals surface area contributed by atoms with Crippen LogP contribution >= 0.6 is 0 Å². The smallest absolute Gasteiger partial charge is 0.252 e. The second-order valence-electron chi connectivity index (χ2n) is 9.05. The molecule has 1 aromatic carbocycles. The Bertz CT molecular complexity index is 840. The van der Waals surface area contributed by atoms with Gasteiger partial charge in [0.2, 0.25) is 0 Å². The number of aliphatic hydroxyl groups excluding tert-OH is 2. The number of aromatic nitrogens is 1. The molecular formula is C25H33N3O3. The molecule has 2 fully saturated rings. The Morgan fingerprint density at radius 2 is 1.77 bits per heavy atom. The minimum absolute atomic E-state index is 0.104. The molecule has 3 atom stereocenters. The summed E-state index contributed by atoms with van der Waals surface area (Å²) in [5, 5.41) is 24.0. The Kier molecular flexibility index (Phi) is 7.00. The number of pyridine rings is 1. The molecule has 2 heterocycles. The second kappa shape index (κ2) is 9.90. The summed E-state index contributed by atoms with van der Waals surface area (Å²) < 4.78 is 0. The van der Waals surface area contributed by atoms with Gasteiger partial charge in [0.15, 0.2) is 0 Å². The number of nitrogens with one attached hydrogen (secondary N) is 1. The van der Waals surface area contributed by atoms with Gasteiger partial charge in [0.1, 0.15) is 0 Å². The zero-order valence-corrected chi connectivity index (χ0v) is 18.0. The first-order valence-electron chi connectivity index (χ1n) is 11.4. The lowest BCUT2D eigenvalue weighted by molar-refractivity contribution is 0.00482. The quantitative estimate of drug-likeness (QED) is 0.644. The minimum Gasteiger partial charge on any atom is -0.393 e. The lowest BCUT2D eigenvalue weighted by Crippen LogP contribution is -2.48. The van der Waals surface area contributed by atoms with Crippen LogP contribution < -0.4 is 5.32 Å². The first kappa shape index (κ1) is 21.9. The maximum absolute atomic E-state index is 12.7. The molecule has 1 amide bonds. The molecule has 0 unspecified atom stereocenters. The third-order valence-electron chi connectivity index (χ3n) is 7.15. The highest BCUT2D eigenvalue weighted by Gasteiger charge is 2.40. The van der Waals surface area contributed by atoms with Gasteiger partial charge in [0.05, 0.1) is 17.8 Å². The summed E-state index contributed by atoms with van der Waals surface area (Å²) in [6, 6.07) is 14.0. The first-order valence-corrected chi connectivity index (χ1v) is 11.4. The number of hydrogen-bond donors (Lipinski definition) is 3. The fraction of sp³-hybridized carbons (Fsp3) is 0.520. The third-order valence-corrected chi connectivity index (χ3v) is 7.15. The van der Waals surface area contributed by atoms with E-state index in [9.17, 15) is 15.0 Å². The zero-order valence-electron chi connectivity index (χ0n) is 18.0. The van der Waals surface area contributed by atoms with Crippen LogP contribution in [0, 0.1) is 0 Å². The Hall–Kier alpha value is -2.28. The van der Waals surface area contributed by atoms with E-state index in [2.05, 4.69) is 27.3 Å². The number of amides is 1. The van der Waals surface area contributed by atoms with Crippen LogP contribution in [0.15, 0.2) is 54.9 Å². The maximum Gasteiger partial charge on any atom is 0.252 e. The van der Waals surface area contributed by atoms with E-state index in [1.165, 1.54) is 5.56 Å². The molecule has 0 radical (unpaired) electrons. The molecule has 6 nitrogen and oxygen atoms in total. The van der Waals surface area contributed by atoms with E-state index in [0.29, 0.717) is 18.5 Å². The molecule has 166 valence electrons. The highest BCUT2D eigenvalue weighted by molar-refractivity contribution is 5.93. The topological polar surface area (TPSA) is 85.7 Å². The van der Waals surface area contributed by atoms with Crippen molar-refractivity contribution >= 4 is 5.91 Å². The Morgan fingerprint density at radius 1 is 1.03 bits per heavy atom. The van der Waals surface area contributed by atoms with Gasteiger partial charge in [-0.2, -0.15) is 0 Å². The van der Waals surface area contributed by atoms with Crippen LogP contribution in [0.3, 0.4) is 0 Å². The van der Waals surface area contributed by atoms with E-state index in [0.717, 1.165) is 45.2 Å². The van der Waals surface area contributed by atoms with Crippen LogP contribution in [0.25, 0.3) is 0 Å². The van der Waals surface area contributed by atoms with Gasteiger partial charge >= 0.3 is 0 Å². The number of likely N-dealkylation sites (tertiary alicyclic amines) is 1. The SMILES string of the molecule is O=C(NC[C@@]1(c2ccccc2)CC[C@H](O)[C@@H](N2CCC(O)CC2)CC1)c1cccnc1. The average molecular weight is 424 g/mol. The summed E-state index contributed by atoms with van der Waals surface area (Å²) in [4.78, 5) is 19.1. The van der Waals surface area contributed by atoms with Gasteiger partial charge < -0.3 is 15.5 Å². The van der Waals surface area contributed by atoms with Crippen molar-refractivity contribution in [3.63, 3.8) is 0 Å². The molecule has 1 saturated carbocycles. The number of benzene rings is 1. The van der Waals surface area contributed by atoms with E-state index < -0.39 is 6.10 Å². The molecule has 0 spiro atoms. The van der Waals surface area contributed by atoms with E-state index in [1.54, 1.807) is 24.5 Å². The maximum atomic E-state index is 12.7. The van der Waals surface area contributed by atoms with E-state index in [4.69, 9.17) is 0 Å². The molecule has 2 aliphatic rings. The molecule has 1 aliphatic carbocycles. The fourth-order valence-electron chi connectivity index (χ4n) is 5.21. The highest BCUT2D eigenvalue weighted by Crippen LogP contribution is 2.39. The van der Waals surface area contributed by atoms with Crippen LogP contribution in [-0.2, 0) is 5.41 Å². The van der Waals surface area contributed by atoms with Gasteiger partial charge in [-0.15, -0.1) is 0 Å². The predicted molar refractivity (Wildman–Crippen MR) is 120 cm³/mol. The zero-order chi connectivity index (χ0) is 21.7. The Balaban J connectivity index is 1.52. The standard InChI is InChI=1S/C25H33N3O3/c29-21-10-15-28(16-11-21)22-8-12-25(13-9-23(22)30,20-6-2-1-3-7-20)18-27-24(31)19-5-4-14-26-17-19/h1-7,14,17,21-23,29-30H,8-13,15-16,18H2,(H,27,31)/t22-,23-,25-/m0/s1. The molecule has 2 aromatic rings. The molecule has 6 heteroatoms. The molecule has 3 N–H and O–H groups in total.